The van der Waals surface area contributed by atoms with Crippen molar-refractivity contribution in [2.75, 3.05) is 4.90 Å². The Bertz CT molecular complexity index is 3260. The summed E-state index contributed by atoms with van der Waals surface area (Å²) >= 11 is 0. The molecule has 0 spiro atoms. The van der Waals surface area contributed by atoms with Gasteiger partial charge in [-0.05, 0) is 53.5 Å². The average molecular weight is 795 g/mol. The first kappa shape index (κ1) is 35.7. The van der Waals surface area contributed by atoms with Gasteiger partial charge in [0.25, 0.3) is 0 Å². The Morgan fingerprint density at radius 2 is 0.952 bits per heavy atom. The lowest BCUT2D eigenvalue weighted by molar-refractivity contribution is 0.764. The molecular weight excluding hydrogens is 757 g/mol. The molecule has 0 saturated heterocycles. The number of hydrogen-bond donors (Lipinski definition) is 0. The number of hydrogen-bond acceptors (Lipinski definition) is 5. The first-order chi connectivity index (χ1) is 30.7. The first-order valence-electron chi connectivity index (χ1n) is 21.1. The molecule has 1 atom stereocenters. The van der Waals surface area contributed by atoms with Gasteiger partial charge in [-0.3, -0.25) is 4.57 Å². The van der Waals surface area contributed by atoms with E-state index in [4.69, 9.17) is 19.9 Å². The second-order valence-electron chi connectivity index (χ2n) is 15.9. The summed E-state index contributed by atoms with van der Waals surface area (Å²) < 4.78 is 2.29. The van der Waals surface area contributed by atoms with E-state index < -0.39 is 0 Å². The van der Waals surface area contributed by atoms with Crippen molar-refractivity contribution in [3.63, 3.8) is 0 Å². The Labute approximate surface area is 359 Å². The van der Waals surface area contributed by atoms with Gasteiger partial charge >= 0.3 is 0 Å². The molecule has 0 N–H and O–H groups in total. The standard InChI is InChI=1S/C56H38N6/c1-5-16-37(17-6-1)48-35-53(59-55(57-48)39-20-9-3-10-21-39)61-44-25-15-24-43(32-44)46-33-41(28-30-51(46)61)42-29-31-52-47(34-42)45-26-13-14-27-50(45)62(52)54-36-49(38-18-7-2-8-19-38)58-56(60-54)40-22-11-4-12-23-40/h1-31,33-36,44H,32H2. The van der Waals surface area contributed by atoms with Gasteiger partial charge in [-0.2, -0.15) is 0 Å². The molecule has 1 aliphatic carbocycles. The molecule has 292 valence electrons. The van der Waals surface area contributed by atoms with E-state index in [1.54, 1.807) is 0 Å². The van der Waals surface area contributed by atoms with Crippen molar-refractivity contribution in [2.45, 2.75) is 12.5 Å². The zero-order valence-electron chi connectivity index (χ0n) is 33.7. The van der Waals surface area contributed by atoms with Crippen LogP contribution in [0.15, 0.2) is 212 Å². The van der Waals surface area contributed by atoms with Crippen LogP contribution in [-0.4, -0.2) is 30.5 Å². The molecule has 1 aliphatic heterocycles. The molecule has 3 aromatic heterocycles. The fourth-order valence-corrected chi connectivity index (χ4v) is 9.15. The molecule has 12 rings (SSSR count). The SMILES string of the molecule is C1=CC2CC(=C1)c1cc(-c3ccc4c(c3)c3ccccc3n4-c3cc(-c4ccccc4)nc(-c4ccccc4)n3)ccc1N2c1cc(-c2ccccc2)nc(-c2ccccc2)n1. The topological polar surface area (TPSA) is 59.7 Å². The number of anilines is 2. The van der Waals surface area contributed by atoms with Crippen LogP contribution in [0.3, 0.4) is 0 Å². The maximum atomic E-state index is 5.27. The van der Waals surface area contributed by atoms with Crippen LogP contribution < -0.4 is 4.90 Å². The summed E-state index contributed by atoms with van der Waals surface area (Å²) in [5.41, 5.74) is 14.0. The minimum atomic E-state index is 0.129. The number of rotatable bonds is 7. The second-order valence-corrected chi connectivity index (χ2v) is 15.9. The van der Waals surface area contributed by atoms with Gasteiger partial charge in [0.15, 0.2) is 11.6 Å². The van der Waals surface area contributed by atoms with Crippen molar-refractivity contribution in [1.82, 2.24) is 24.5 Å². The van der Waals surface area contributed by atoms with Crippen LogP contribution in [0.1, 0.15) is 12.0 Å². The highest BCUT2D eigenvalue weighted by atomic mass is 15.2. The van der Waals surface area contributed by atoms with Crippen molar-refractivity contribution in [2.24, 2.45) is 0 Å². The van der Waals surface area contributed by atoms with Gasteiger partial charge in [-0.1, -0.05) is 170 Å². The van der Waals surface area contributed by atoms with Gasteiger partial charge in [0, 0.05) is 50.7 Å². The van der Waals surface area contributed by atoms with Crippen molar-refractivity contribution in [3.8, 4) is 62.2 Å². The summed E-state index contributed by atoms with van der Waals surface area (Å²) in [6, 6.07) is 68.0. The molecule has 0 saturated carbocycles. The lowest BCUT2D eigenvalue weighted by atomic mass is 9.85. The van der Waals surface area contributed by atoms with Gasteiger partial charge in [0.2, 0.25) is 0 Å². The molecule has 7 aromatic carbocycles. The zero-order valence-corrected chi connectivity index (χ0v) is 33.7. The predicted molar refractivity (Wildman–Crippen MR) is 253 cm³/mol. The Morgan fingerprint density at radius 1 is 0.419 bits per heavy atom. The van der Waals surface area contributed by atoms with Gasteiger partial charge in [0.05, 0.1) is 34.2 Å². The van der Waals surface area contributed by atoms with Gasteiger partial charge in [0.1, 0.15) is 11.6 Å². The van der Waals surface area contributed by atoms with E-state index in [-0.39, 0.29) is 6.04 Å². The van der Waals surface area contributed by atoms with Crippen LogP contribution in [0.25, 0.3) is 89.6 Å². The van der Waals surface area contributed by atoms with Crippen LogP contribution in [-0.2, 0) is 0 Å². The van der Waals surface area contributed by atoms with Gasteiger partial charge in [-0.15, -0.1) is 0 Å². The van der Waals surface area contributed by atoms with E-state index >= 15 is 0 Å². The maximum Gasteiger partial charge on any atom is 0.162 e. The zero-order chi connectivity index (χ0) is 41.0. The lowest BCUT2D eigenvalue weighted by Crippen LogP contribution is -2.35. The monoisotopic (exact) mass is 794 g/mol. The number of allylic oxidation sites excluding steroid dienone is 2. The molecule has 0 amide bonds. The largest absolute Gasteiger partial charge is 0.318 e. The smallest absolute Gasteiger partial charge is 0.162 e. The molecular formula is C56H38N6. The molecule has 0 fully saturated rings. The summed E-state index contributed by atoms with van der Waals surface area (Å²) in [7, 11) is 0. The normalized spacial score (nSPS) is 14.2. The minimum absolute atomic E-state index is 0.129. The molecule has 0 radical (unpaired) electrons. The third kappa shape index (κ3) is 6.20. The van der Waals surface area contributed by atoms with Crippen molar-refractivity contribution < 1.29 is 0 Å². The Hall–Kier alpha value is -8.22. The van der Waals surface area contributed by atoms with Crippen LogP contribution in [0.4, 0.5) is 11.5 Å². The van der Waals surface area contributed by atoms with Crippen molar-refractivity contribution in [3.05, 3.63) is 218 Å². The fourth-order valence-electron chi connectivity index (χ4n) is 9.15. The summed E-state index contributed by atoms with van der Waals surface area (Å²) in [6.07, 6.45) is 7.65. The van der Waals surface area contributed by atoms with E-state index in [0.29, 0.717) is 11.6 Å². The number of fused-ring (bicyclic) bond motifs is 7. The van der Waals surface area contributed by atoms with E-state index in [0.717, 1.165) is 79.5 Å². The number of nitrogens with zero attached hydrogens (tertiary/aromatic N) is 6. The third-order valence-electron chi connectivity index (χ3n) is 12.1. The molecule has 6 heteroatoms. The Balaban J connectivity index is 0.990. The molecule has 2 aliphatic rings. The summed E-state index contributed by atoms with van der Waals surface area (Å²) in [4.78, 5) is 23.1. The van der Waals surface area contributed by atoms with Crippen LogP contribution in [0.5, 0.6) is 0 Å². The predicted octanol–water partition coefficient (Wildman–Crippen LogP) is 13.6. The molecule has 1 unspecified atom stereocenters. The first-order valence-corrected chi connectivity index (χ1v) is 21.1. The fraction of sp³-hybridized carbons (Fsp3) is 0.0357. The summed E-state index contributed by atoms with van der Waals surface area (Å²) in [5.74, 6) is 3.11. The van der Waals surface area contributed by atoms with Crippen molar-refractivity contribution >= 4 is 38.9 Å². The number of benzene rings is 7. The molecule has 4 heterocycles. The summed E-state index contributed by atoms with van der Waals surface area (Å²) in [6.45, 7) is 0. The Kier molecular flexibility index (Phi) is 8.52. The number of aromatic nitrogens is 5. The van der Waals surface area contributed by atoms with Crippen molar-refractivity contribution in [1.29, 1.82) is 0 Å². The van der Waals surface area contributed by atoms with E-state index in [9.17, 15) is 0 Å². The quantitative estimate of drug-likeness (QED) is 0.161. The highest BCUT2D eigenvalue weighted by Crippen LogP contribution is 2.46. The summed E-state index contributed by atoms with van der Waals surface area (Å²) in [5, 5.41) is 2.34. The van der Waals surface area contributed by atoms with E-state index in [1.165, 1.54) is 21.9 Å². The highest BCUT2D eigenvalue weighted by molar-refractivity contribution is 6.10. The molecule has 2 bridgehead atoms. The minimum Gasteiger partial charge on any atom is -0.318 e. The van der Waals surface area contributed by atoms with Crippen LogP contribution >= 0.6 is 0 Å². The van der Waals surface area contributed by atoms with Gasteiger partial charge in [-0.25, -0.2) is 19.9 Å². The highest BCUT2D eigenvalue weighted by Gasteiger charge is 2.32. The third-order valence-corrected chi connectivity index (χ3v) is 12.1. The number of para-hydroxylation sites is 1. The van der Waals surface area contributed by atoms with E-state index in [1.807, 2.05) is 48.5 Å². The molecule has 10 aromatic rings. The lowest BCUT2D eigenvalue weighted by Gasteiger charge is -2.39. The molecule has 6 nitrogen and oxygen atoms in total. The molecule has 62 heavy (non-hydrogen) atoms. The second kappa shape index (κ2) is 14.8. The maximum absolute atomic E-state index is 5.27. The van der Waals surface area contributed by atoms with Crippen LogP contribution in [0.2, 0.25) is 0 Å². The van der Waals surface area contributed by atoms with Crippen LogP contribution in [0, 0.1) is 0 Å². The van der Waals surface area contributed by atoms with E-state index in [2.05, 4.69) is 173 Å². The average Bonchev–Trinajstić information content (AvgIpc) is 3.69. The van der Waals surface area contributed by atoms with Gasteiger partial charge < -0.3 is 4.90 Å². The Morgan fingerprint density at radius 3 is 1.61 bits per heavy atom.